The number of ether oxygens (including phenoxy) is 2. The van der Waals surface area contributed by atoms with Gasteiger partial charge in [-0.2, -0.15) is 5.10 Å². The van der Waals surface area contributed by atoms with Crippen LogP contribution in [0.2, 0.25) is 0 Å². The van der Waals surface area contributed by atoms with Gasteiger partial charge in [-0.3, -0.25) is 4.79 Å². The number of carbonyl (C=O) groups is 1. The molecule has 1 heterocycles. The number of benzene rings is 1. The van der Waals surface area contributed by atoms with Crippen molar-refractivity contribution in [1.82, 2.24) is 14.1 Å². The van der Waals surface area contributed by atoms with Gasteiger partial charge in [0.15, 0.2) is 5.69 Å². The Morgan fingerprint density at radius 2 is 1.96 bits per heavy atom. The second-order valence-electron chi connectivity index (χ2n) is 5.78. The van der Waals surface area contributed by atoms with Crippen LogP contribution in [0.1, 0.15) is 16.1 Å². The molecule has 0 saturated carbocycles. The Hall–Kier alpha value is -2.56. The van der Waals surface area contributed by atoms with Crippen molar-refractivity contribution in [2.24, 2.45) is 0 Å². The highest BCUT2D eigenvalue weighted by Crippen LogP contribution is 2.15. The van der Waals surface area contributed by atoms with E-state index < -0.39 is 16.0 Å². The molecule has 2 aromatic rings. The average molecular weight is 395 g/mol. The van der Waals surface area contributed by atoms with Crippen molar-refractivity contribution in [2.75, 3.05) is 27.8 Å². The molecule has 0 unspecified atom stereocenters. The summed E-state index contributed by atoms with van der Waals surface area (Å²) in [6.07, 6.45) is 0. The highest BCUT2D eigenvalue weighted by atomic mass is 32.2. The maximum Gasteiger partial charge on any atom is 0.359 e. The molecular formula is C17H21N3O6S. The fourth-order valence-electron chi connectivity index (χ4n) is 2.13. The molecule has 1 aromatic heterocycles. The fraction of sp³-hybridized carbons (Fsp3) is 0.353. The van der Waals surface area contributed by atoms with Crippen molar-refractivity contribution in [1.29, 1.82) is 0 Å². The zero-order valence-electron chi connectivity index (χ0n) is 15.3. The molecule has 0 bridgehead atoms. The van der Waals surface area contributed by atoms with Crippen molar-refractivity contribution >= 4 is 16.0 Å². The molecule has 10 heteroatoms. The van der Waals surface area contributed by atoms with E-state index in [9.17, 15) is 18.0 Å². The van der Waals surface area contributed by atoms with Gasteiger partial charge in [0.25, 0.3) is 5.56 Å². The third-order valence-electron chi connectivity index (χ3n) is 3.63. The third-order valence-corrected chi connectivity index (χ3v) is 5.44. The summed E-state index contributed by atoms with van der Waals surface area (Å²) in [6, 6.07) is 8.63. The van der Waals surface area contributed by atoms with Gasteiger partial charge in [-0.25, -0.2) is 22.2 Å². The fourth-order valence-corrected chi connectivity index (χ4v) is 3.10. The SMILES string of the molecule is COCCn1nc(C(=O)OCc2cccc(S(=O)(=O)N(C)C)c2)ccc1=O. The predicted molar refractivity (Wildman–Crippen MR) is 96.8 cm³/mol. The lowest BCUT2D eigenvalue weighted by molar-refractivity contribution is 0.0461. The molecular weight excluding hydrogens is 374 g/mol. The van der Waals surface area contributed by atoms with Gasteiger partial charge in [-0.05, 0) is 23.8 Å². The third kappa shape index (κ3) is 5.22. The Morgan fingerprint density at radius 1 is 1.22 bits per heavy atom. The quantitative estimate of drug-likeness (QED) is 0.599. The molecule has 9 nitrogen and oxygen atoms in total. The summed E-state index contributed by atoms with van der Waals surface area (Å²) in [5.74, 6) is -0.720. The van der Waals surface area contributed by atoms with Gasteiger partial charge < -0.3 is 9.47 Å². The second kappa shape index (κ2) is 8.89. The summed E-state index contributed by atoms with van der Waals surface area (Å²) in [5.41, 5.74) is 0.131. The van der Waals surface area contributed by atoms with Crippen LogP contribution in [0.25, 0.3) is 0 Å². The van der Waals surface area contributed by atoms with Crippen LogP contribution in [0.15, 0.2) is 46.1 Å². The van der Waals surface area contributed by atoms with Crippen molar-refractivity contribution in [2.45, 2.75) is 18.0 Å². The summed E-state index contributed by atoms with van der Waals surface area (Å²) in [7, 11) is 0.788. The minimum absolute atomic E-state index is 0.0252. The van der Waals surface area contributed by atoms with E-state index in [-0.39, 0.29) is 35.9 Å². The molecule has 0 spiro atoms. The van der Waals surface area contributed by atoms with Crippen LogP contribution in [0.5, 0.6) is 0 Å². The van der Waals surface area contributed by atoms with Crippen LogP contribution < -0.4 is 5.56 Å². The summed E-state index contributed by atoms with van der Waals surface area (Å²) in [4.78, 5) is 24.0. The maximum absolute atomic E-state index is 12.2. The zero-order chi connectivity index (χ0) is 20.0. The van der Waals surface area contributed by atoms with Gasteiger partial charge >= 0.3 is 5.97 Å². The largest absolute Gasteiger partial charge is 0.456 e. The monoisotopic (exact) mass is 395 g/mol. The van der Waals surface area contributed by atoms with Crippen molar-refractivity contribution in [3.63, 3.8) is 0 Å². The van der Waals surface area contributed by atoms with Gasteiger partial charge in [0.1, 0.15) is 6.61 Å². The number of hydrogen-bond acceptors (Lipinski definition) is 7. The molecule has 0 atom stereocenters. The Kier molecular flexibility index (Phi) is 6.83. The molecule has 0 amide bonds. The van der Waals surface area contributed by atoms with Gasteiger partial charge in [-0.1, -0.05) is 12.1 Å². The Bertz CT molecular complexity index is 969. The van der Waals surface area contributed by atoms with E-state index in [1.165, 1.54) is 45.5 Å². The first-order valence-electron chi connectivity index (χ1n) is 8.01. The lowest BCUT2D eigenvalue weighted by Crippen LogP contribution is -2.26. The molecule has 1 aromatic carbocycles. The van der Waals surface area contributed by atoms with Crippen LogP contribution >= 0.6 is 0 Å². The Morgan fingerprint density at radius 3 is 2.63 bits per heavy atom. The number of methoxy groups -OCH3 is 1. The summed E-state index contributed by atoms with van der Waals surface area (Å²) in [5, 5.41) is 3.95. The first kappa shape index (κ1) is 20.7. The number of aromatic nitrogens is 2. The molecule has 0 radical (unpaired) electrons. The Labute approximate surface area is 157 Å². The summed E-state index contributed by atoms with van der Waals surface area (Å²) in [6.45, 7) is 0.355. The standard InChI is InChI=1S/C17H21N3O6S/c1-19(2)27(23,24)14-6-4-5-13(11-14)12-26-17(22)15-7-8-16(21)20(18-15)9-10-25-3/h4-8,11H,9-10,12H2,1-3H3. The van der Waals surface area contributed by atoms with E-state index >= 15 is 0 Å². The molecule has 27 heavy (non-hydrogen) atoms. The zero-order valence-corrected chi connectivity index (χ0v) is 16.1. The minimum atomic E-state index is -3.58. The van der Waals surface area contributed by atoms with Crippen LogP contribution in [0.4, 0.5) is 0 Å². The van der Waals surface area contributed by atoms with E-state index in [1.54, 1.807) is 12.1 Å². The van der Waals surface area contributed by atoms with Crippen LogP contribution in [0, 0.1) is 0 Å². The molecule has 0 N–H and O–H groups in total. The van der Waals surface area contributed by atoms with Gasteiger partial charge in [0.05, 0.1) is 18.0 Å². The van der Waals surface area contributed by atoms with Crippen LogP contribution in [0.3, 0.4) is 0 Å². The van der Waals surface area contributed by atoms with E-state index in [4.69, 9.17) is 9.47 Å². The van der Waals surface area contributed by atoms with Crippen LogP contribution in [-0.2, 0) is 32.6 Å². The topological polar surface area (TPSA) is 108 Å². The number of sulfonamides is 1. The highest BCUT2D eigenvalue weighted by molar-refractivity contribution is 7.89. The smallest absolute Gasteiger partial charge is 0.359 e. The van der Waals surface area contributed by atoms with Crippen molar-refractivity contribution < 1.29 is 22.7 Å². The lowest BCUT2D eigenvalue weighted by atomic mass is 10.2. The first-order valence-corrected chi connectivity index (χ1v) is 9.45. The van der Waals surface area contributed by atoms with Gasteiger partial charge in [0, 0.05) is 27.3 Å². The molecule has 0 aliphatic heterocycles. The van der Waals surface area contributed by atoms with E-state index in [0.29, 0.717) is 5.56 Å². The van der Waals surface area contributed by atoms with Crippen molar-refractivity contribution in [3.05, 3.63) is 58.0 Å². The molecule has 0 saturated heterocycles. The van der Waals surface area contributed by atoms with E-state index in [0.717, 1.165) is 8.99 Å². The maximum atomic E-state index is 12.2. The normalized spacial score (nSPS) is 11.6. The summed E-state index contributed by atoms with van der Waals surface area (Å²) >= 11 is 0. The lowest BCUT2D eigenvalue weighted by Gasteiger charge is -2.12. The first-order chi connectivity index (χ1) is 12.8. The number of rotatable bonds is 8. The molecule has 2 rings (SSSR count). The highest BCUT2D eigenvalue weighted by Gasteiger charge is 2.18. The van der Waals surface area contributed by atoms with E-state index in [1.807, 2.05) is 0 Å². The molecule has 0 aliphatic carbocycles. The number of carbonyl (C=O) groups excluding carboxylic acids is 1. The number of hydrogen-bond donors (Lipinski definition) is 0. The number of esters is 1. The second-order valence-corrected chi connectivity index (χ2v) is 7.94. The summed E-state index contributed by atoms with van der Waals surface area (Å²) < 4.78 is 36.6. The van der Waals surface area contributed by atoms with E-state index in [2.05, 4.69) is 5.10 Å². The van der Waals surface area contributed by atoms with Gasteiger partial charge in [-0.15, -0.1) is 0 Å². The predicted octanol–water partition coefficient (Wildman–Crippen LogP) is 0.497. The van der Waals surface area contributed by atoms with Crippen molar-refractivity contribution in [3.8, 4) is 0 Å². The molecule has 0 fully saturated rings. The number of nitrogens with zero attached hydrogens (tertiary/aromatic N) is 3. The van der Waals surface area contributed by atoms with Gasteiger partial charge in [0.2, 0.25) is 10.0 Å². The average Bonchev–Trinajstić information content (AvgIpc) is 2.65. The molecule has 146 valence electrons. The molecule has 0 aliphatic rings. The van der Waals surface area contributed by atoms with Crippen LogP contribution in [-0.4, -0.2) is 56.3 Å². The minimum Gasteiger partial charge on any atom is -0.456 e. The Balaban J connectivity index is 2.11.